The minimum Gasteiger partial charge on any atom is -0.507 e. The second-order valence-corrected chi connectivity index (χ2v) is 5.96. The minimum absolute atomic E-state index is 0.0238. The zero-order chi connectivity index (χ0) is 15.1. The van der Waals surface area contributed by atoms with Crippen molar-refractivity contribution in [3.63, 3.8) is 0 Å². The van der Waals surface area contributed by atoms with Gasteiger partial charge in [0.25, 0.3) is 5.91 Å². The van der Waals surface area contributed by atoms with Gasteiger partial charge in [-0.15, -0.1) is 0 Å². The third-order valence-electron chi connectivity index (χ3n) is 4.86. The van der Waals surface area contributed by atoms with Crippen LogP contribution < -0.4 is 5.32 Å². The van der Waals surface area contributed by atoms with Crippen LogP contribution in [-0.2, 0) is 0 Å². The molecule has 0 radical (unpaired) electrons. The van der Waals surface area contributed by atoms with Gasteiger partial charge < -0.3 is 15.5 Å². The Bertz CT molecular complexity index is 555. The molecule has 0 spiro atoms. The fourth-order valence-electron chi connectivity index (χ4n) is 3.91. The highest BCUT2D eigenvalue weighted by Gasteiger charge is 2.47. The number of halogens is 2. The lowest BCUT2D eigenvalue weighted by atomic mass is 9.85. The van der Waals surface area contributed by atoms with E-state index in [1.165, 1.54) is 0 Å². The molecule has 3 rings (SSSR count). The fourth-order valence-corrected chi connectivity index (χ4v) is 3.91. The van der Waals surface area contributed by atoms with Gasteiger partial charge in [-0.05, 0) is 31.1 Å². The summed E-state index contributed by atoms with van der Waals surface area (Å²) in [7, 11) is 0. The molecule has 21 heavy (non-hydrogen) atoms. The van der Waals surface area contributed by atoms with E-state index < -0.39 is 28.9 Å². The number of phenolic OH excluding ortho intramolecular Hbond substituents is 1. The summed E-state index contributed by atoms with van der Waals surface area (Å²) in [6.07, 6.45) is 2.97. The van der Waals surface area contributed by atoms with Gasteiger partial charge in [0, 0.05) is 30.7 Å². The van der Waals surface area contributed by atoms with E-state index in [0.29, 0.717) is 18.1 Å². The van der Waals surface area contributed by atoms with Gasteiger partial charge in [0.15, 0.2) is 0 Å². The molecule has 1 aromatic carbocycles. The topological polar surface area (TPSA) is 69.6 Å². The number of carbonyl (C=O) groups is 1. The van der Waals surface area contributed by atoms with Crippen LogP contribution in [0.15, 0.2) is 12.1 Å². The van der Waals surface area contributed by atoms with Gasteiger partial charge in [-0.2, -0.15) is 0 Å². The van der Waals surface area contributed by atoms with Crippen molar-refractivity contribution in [1.29, 1.82) is 0 Å². The van der Waals surface area contributed by atoms with Crippen LogP contribution in [0.1, 0.15) is 29.6 Å². The number of aliphatic hydroxyl groups is 1. The van der Waals surface area contributed by atoms with Crippen molar-refractivity contribution in [3.8, 4) is 5.75 Å². The number of rotatable bonds is 3. The quantitative estimate of drug-likeness (QED) is 0.797. The van der Waals surface area contributed by atoms with Gasteiger partial charge in [-0.3, -0.25) is 4.79 Å². The maximum Gasteiger partial charge on any atom is 0.258 e. The second-order valence-electron chi connectivity index (χ2n) is 5.96. The van der Waals surface area contributed by atoms with Crippen LogP contribution in [0.2, 0.25) is 0 Å². The third kappa shape index (κ3) is 2.37. The molecule has 2 saturated carbocycles. The molecule has 114 valence electrons. The molecule has 0 aromatic heterocycles. The largest absolute Gasteiger partial charge is 0.507 e. The zero-order valence-electron chi connectivity index (χ0n) is 11.4. The van der Waals surface area contributed by atoms with Crippen molar-refractivity contribution < 1.29 is 23.8 Å². The number of carbonyl (C=O) groups excluding carboxylic acids is 1. The Hall–Kier alpha value is -1.69. The monoisotopic (exact) mass is 297 g/mol. The summed E-state index contributed by atoms with van der Waals surface area (Å²) in [5.41, 5.74) is -0.545. The van der Waals surface area contributed by atoms with Gasteiger partial charge in [0.1, 0.15) is 22.9 Å². The SMILES string of the molecule is O=C(NC1C2CCC(C2)C1CO)c1c(O)cc(F)cc1F. The molecular formula is C15H17F2NO3. The predicted octanol–water partition coefficient (Wildman–Crippen LogP) is 1.81. The van der Waals surface area contributed by atoms with Crippen LogP contribution in [0.5, 0.6) is 5.75 Å². The van der Waals surface area contributed by atoms with E-state index in [0.717, 1.165) is 19.3 Å². The van der Waals surface area contributed by atoms with Crippen molar-refractivity contribution in [2.75, 3.05) is 6.61 Å². The molecule has 0 heterocycles. The normalized spacial score (nSPS) is 30.6. The lowest BCUT2D eigenvalue weighted by Gasteiger charge is -2.30. The molecule has 6 heteroatoms. The average molecular weight is 297 g/mol. The highest BCUT2D eigenvalue weighted by atomic mass is 19.1. The summed E-state index contributed by atoms with van der Waals surface area (Å²) < 4.78 is 26.6. The number of aliphatic hydroxyl groups excluding tert-OH is 1. The van der Waals surface area contributed by atoms with Crippen molar-refractivity contribution >= 4 is 5.91 Å². The van der Waals surface area contributed by atoms with Gasteiger partial charge in [0.05, 0.1) is 0 Å². The Labute approximate surface area is 120 Å². The number of hydrogen-bond acceptors (Lipinski definition) is 3. The first kappa shape index (κ1) is 14.3. The minimum atomic E-state index is -1.09. The number of benzene rings is 1. The maximum atomic E-state index is 13.7. The van der Waals surface area contributed by atoms with E-state index in [-0.39, 0.29) is 24.5 Å². The van der Waals surface area contributed by atoms with E-state index in [4.69, 9.17) is 0 Å². The third-order valence-corrected chi connectivity index (χ3v) is 4.86. The fraction of sp³-hybridized carbons (Fsp3) is 0.533. The summed E-state index contributed by atoms with van der Waals surface area (Å²) in [5.74, 6) is -2.87. The predicted molar refractivity (Wildman–Crippen MR) is 70.7 cm³/mol. The Morgan fingerprint density at radius 3 is 2.67 bits per heavy atom. The molecule has 4 nitrogen and oxygen atoms in total. The molecule has 0 aliphatic heterocycles. The molecule has 4 atom stereocenters. The van der Waals surface area contributed by atoms with Gasteiger partial charge in [0.2, 0.25) is 0 Å². The summed E-state index contributed by atoms with van der Waals surface area (Å²) in [5, 5.41) is 21.8. The molecule has 2 fully saturated rings. The number of fused-ring (bicyclic) bond motifs is 2. The van der Waals surface area contributed by atoms with Gasteiger partial charge in [-0.25, -0.2) is 8.78 Å². The molecular weight excluding hydrogens is 280 g/mol. The van der Waals surface area contributed by atoms with Crippen LogP contribution in [0, 0.1) is 29.4 Å². The molecule has 1 aromatic rings. The highest BCUT2D eigenvalue weighted by Crippen LogP contribution is 2.48. The number of phenols is 1. The number of hydrogen-bond donors (Lipinski definition) is 3. The first-order chi connectivity index (χ1) is 10.0. The van der Waals surface area contributed by atoms with Crippen LogP contribution in [0.3, 0.4) is 0 Å². The molecule has 2 aliphatic carbocycles. The van der Waals surface area contributed by atoms with Crippen LogP contribution in [0.4, 0.5) is 8.78 Å². The van der Waals surface area contributed by atoms with Crippen molar-refractivity contribution in [2.24, 2.45) is 17.8 Å². The smallest absolute Gasteiger partial charge is 0.258 e. The second kappa shape index (κ2) is 5.26. The Morgan fingerprint density at radius 1 is 1.29 bits per heavy atom. The Balaban J connectivity index is 1.81. The maximum absolute atomic E-state index is 13.7. The van der Waals surface area contributed by atoms with E-state index in [9.17, 15) is 23.8 Å². The standard InChI is InChI=1S/C15H17F2NO3/c16-9-4-11(17)13(12(20)5-9)15(21)18-14-8-2-1-7(3-8)10(14)6-19/h4-5,7-8,10,14,19-20H,1-3,6H2,(H,18,21). The van der Waals surface area contributed by atoms with E-state index in [1.807, 2.05) is 0 Å². The summed E-state index contributed by atoms with van der Waals surface area (Å²) in [4.78, 5) is 12.2. The molecule has 3 N–H and O–H groups in total. The van der Waals surface area contributed by atoms with Crippen molar-refractivity contribution in [2.45, 2.75) is 25.3 Å². The van der Waals surface area contributed by atoms with Crippen LogP contribution in [0.25, 0.3) is 0 Å². The Morgan fingerprint density at radius 2 is 2.00 bits per heavy atom. The molecule has 2 bridgehead atoms. The van der Waals surface area contributed by atoms with Crippen LogP contribution in [-0.4, -0.2) is 28.8 Å². The van der Waals surface area contributed by atoms with Gasteiger partial charge in [-0.1, -0.05) is 0 Å². The van der Waals surface area contributed by atoms with Gasteiger partial charge >= 0.3 is 0 Å². The van der Waals surface area contributed by atoms with Crippen molar-refractivity contribution in [3.05, 3.63) is 29.3 Å². The van der Waals surface area contributed by atoms with E-state index in [1.54, 1.807) is 0 Å². The summed E-state index contributed by atoms with van der Waals surface area (Å²) >= 11 is 0. The number of nitrogens with one attached hydrogen (secondary N) is 1. The molecule has 4 unspecified atom stereocenters. The molecule has 2 aliphatic rings. The summed E-state index contributed by atoms with van der Waals surface area (Å²) in [6, 6.07) is 1.06. The molecule has 0 saturated heterocycles. The van der Waals surface area contributed by atoms with Crippen LogP contribution >= 0.6 is 0 Å². The molecule has 1 amide bonds. The summed E-state index contributed by atoms with van der Waals surface area (Å²) in [6.45, 7) is -0.0238. The lowest BCUT2D eigenvalue weighted by Crippen LogP contribution is -2.45. The van der Waals surface area contributed by atoms with E-state index in [2.05, 4.69) is 5.32 Å². The highest BCUT2D eigenvalue weighted by molar-refractivity contribution is 5.97. The average Bonchev–Trinajstić information content (AvgIpc) is 2.98. The number of amides is 1. The lowest BCUT2D eigenvalue weighted by molar-refractivity contribution is 0.0855. The van der Waals surface area contributed by atoms with Crippen molar-refractivity contribution in [1.82, 2.24) is 5.32 Å². The first-order valence-corrected chi connectivity index (χ1v) is 7.11. The number of aromatic hydroxyl groups is 1. The Kier molecular flexibility index (Phi) is 3.57. The zero-order valence-corrected chi connectivity index (χ0v) is 11.4. The van der Waals surface area contributed by atoms with E-state index >= 15 is 0 Å². The first-order valence-electron chi connectivity index (χ1n) is 7.11.